The lowest BCUT2D eigenvalue weighted by Crippen LogP contribution is -2.16. The zero-order valence-electron chi connectivity index (χ0n) is 10.8. The molecule has 0 amide bonds. The third-order valence-corrected chi connectivity index (χ3v) is 2.99. The Morgan fingerprint density at radius 3 is 3.06 bits per heavy atom. The van der Waals surface area contributed by atoms with E-state index in [-0.39, 0.29) is 6.10 Å². The lowest BCUT2D eigenvalue weighted by atomic mass is 10.2. The third-order valence-electron chi connectivity index (χ3n) is 2.99. The van der Waals surface area contributed by atoms with Gasteiger partial charge in [0.2, 0.25) is 5.88 Å². The molecule has 0 radical (unpaired) electrons. The van der Waals surface area contributed by atoms with Gasteiger partial charge in [-0.05, 0) is 37.8 Å². The van der Waals surface area contributed by atoms with Crippen LogP contribution in [0.15, 0.2) is 18.3 Å². The highest BCUT2D eigenvalue weighted by Gasteiger charge is 2.19. The summed E-state index contributed by atoms with van der Waals surface area (Å²) < 4.78 is 5.78. The smallest absolute Gasteiger partial charge is 0.213 e. The summed E-state index contributed by atoms with van der Waals surface area (Å²) in [5.74, 6) is 0.751. The second-order valence-electron chi connectivity index (χ2n) is 4.87. The molecular weight excluding hydrogens is 212 g/mol. The first-order valence-electron chi connectivity index (χ1n) is 6.63. The maximum absolute atomic E-state index is 5.78. The molecule has 1 N–H and O–H groups in total. The van der Waals surface area contributed by atoms with Crippen molar-refractivity contribution in [3.8, 4) is 5.88 Å². The van der Waals surface area contributed by atoms with Gasteiger partial charge in [-0.1, -0.05) is 13.3 Å². The van der Waals surface area contributed by atoms with E-state index in [2.05, 4.69) is 24.1 Å². The number of aromatic nitrogens is 1. The molecule has 3 nitrogen and oxygen atoms in total. The molecule has 1 heterocycles. The van der Waals surface area contributed by atoms with Gasteiger partial charge in [0.25, 0.3) is 0 Å². The molecule has 1 aromatic rings. The van der Waals surface area contributed by atoms with E-state index in [1.54, 1.807) is 0 Å². The van der Waals surface area contributed by atoms with Crippen molar-refractivity contribution in [2.75, 3.05) is 0 Å². The maximum Gasteiger partial charge on any atom is 0.213 e. The minimum Gasteiger partial charge on any atom is -0.475 e. The van der Waals surface area contributed by atoms with Crippen LogP contribution < -0.4 is 10.1 Å². The van der Waals surface area contributed by atoms with Crippen molar-refractivity contribution in [1.82, 2.24) is 10.3 Å². The normalized spacial score (nSPS) is 16.8. The van der Waals surface area contributed by atoms with E-state index in [0.717, 1.165) is 31.3 Å². The number of nitrogens with one attached hydrogen (secondary N) is 1. The van der Waals surface area contributed by atoms with Crippen LogP contribution in [0.2, 0.25) is 0 Å². The van der Waals surface area contributed by atoms with Gasteiger partial charge < -0.3 is 10.1 Å². The van der Waals surface area contributed by atoms with Gasteiger partial charge in [0, 0.05) is 24.8 Å². The lowest BCUT2D eigenvalue weighted by Gasteiger charge is -2.13. The minimum absolute atomic E-state index is 0.249. The molecule has 1 aliphatic carbocycles. The van der Waals surface area contributed by atoms with Gasteiger partial charge in [0.1, 0.15) is 0 Å². The van der Waals surface area contributed by atoms with Crippen LogP contribution in [0.25, 0.3) is 0 Å². The Bertz CT molecular complexity index is 350. The fourth-order valence-electron chi connectivity index (χ4n) is 1.85. The van der Waals surface area contributed by atoms with Crippen molar-refractivity contribution in [1.29, 1.82) is 0 Å². The van der Waals surface area contributed by atoms with Crippen LogP contribution >= 0.6 is 0 Å². The van der Waals surface area contributed by atoms with E-state index in [9.17, 15) is 0 Å². The SMILES string of the molecule is CCCC(C)Oc1cc(CNC2CC2)ccn1. The van der Waals surface area contributed by atoms with E-state index in [1.807, 2.05) is 18.3 Å². The summed E-state index contributed by atoms with van der Waals surface area (Å²) in [6.07, 6.45) is 6.94. The Morgan fingerprint density at radius 2 is 2.35 bits per heavy atom. The standard InChI is InChI=1S/C14H22N2O/c1-3-4-11(2)17-14-9-12(7-8-15-14)10-16-13-5-6-13/h7-9,11,13,16H,3-6,10H2,1-2H3. The third kappa shape index (κ3) is 4.35. The molecule has 2 rings (SSSR count). The van der Waals surface area contributed by atoms with Crippen molar-refractivity contribution in [3.63, 3.8) is 0 Å². The summed E-state index contributed by atoms with van der Waals surface area (Å²) >= 11 is 0. The Morgan fingerprint density at radius 1 is 1.53 bits per heavy atom. The molecule has 0 aliphatic heterocycles. The molecule has 1 fully saturated rings. The topological polar surface area (TPSA) is 34.1 Å². The Balaban J connectivity index is 1.85. The average Bonchev–Trinajstić information content (AvgIpc) is 3.11. The molecule has 1 saturated carbocycles. The Kier molecular flexibility index (Phi) is 4.37. The first kappa shape index (κ1) is 12.4. The summed E-state index contributed by atoms with van der Waals surface area (Å²) in [4.78, 5) is 4.25. The predicted molar refractivity (Wildman–Crippen MR) is 69.1 cm³/mol. The van der Waals surface area contributed by atoms with Crippen molar-refractivity contribution in [2.24, 2.45) is 0 Å². The van der Waals surface area contributed by atoms with E-state index in [0.29, 0.717) is 0 Å². The molecule has 0 aromatic carbocycles. The van der Waals surface area contributed by atoms with Gasteiger partial charge >= 0.3 is 0 Å². The van der Waals surface area contributed by atoms with Gasteiger partial charge in [-0.15, -0.1) is 0 Å². The van der Waals surface area contributed by atoms with Gasteiger partial charge in [-0.25, -0.2) is 4.98 Å². The van der Waals surface area contributed by atoms with Gasteiger partial charge in [0.15, 0.2) is 0 Å². The van der Waals surface area contributed by atoms with Gasteiger partial charge in [-0.2, -0.15) is 0 Å². The van der Waals surface area contributed by atoms with Crippen LogP contribution in [0.1, 0.15) is 45.1 Å². The molecule has 17 heavy (non-hydrogen) atoms. The fourth-order valence-corrected chi connectivity index (χ4v) is 1.85. The molecule has 1 aromatic heterocycles. The van der Waals surface area contributed by atoms with E-state index in [4.69, 9.17) is 4.74 Å². The highest BCUT2D eigenvalue weighted by atomic mass is 16.5. The van der Waals surface area contributed by atoms with Crippen LogP contribution in [0.5, 0.6) is 5.88 Å². The molecule has 1 unspecified atom stereocenters. The van der Waals surface area contributed by atoms with E-state index < -0.39 is 0 Å². The highest BCUT2D eigenvalue weighted by molar-refractivity contribution is 5.20. The number of hydrogen-bond acceptors (Lipinski definition) is 3. The fraction of sp³-hybridized carbons (Fsp3) is 0.643. The maximum atomic E-state index is 5.78. The molecule has 0 bridgehead atoms. The largest absolute Gasteiger partial charge is 0.475 e. The number of nitrogens with zero attached hydrogens (tertiary/aromatic N) is 1. The van der Waals surface area contributed by atoms with Crippen molar-refractivity contribution < 1.29 is 4.74 Å². The Labute approximate surface area is 104 Å². The summed E-state index contributed by atoms with van der Waals surface area (Å²) in [5, 5.41) is 3.50. The van der Waals surface area contributed by atoms with Gasteiger partial charge in [-0.3, -0.25) is 0 Å². The van der Waals surface area contributed by atoms with E-state index >= 15 is 0 Å². The zero-order valence-corrected chi connectivity index (χ0v) is 10.8. The highest BCUT2D eigenvalue weighted by Crippen LogP contribution is 2.20. The van der Waals surface area contributed by atoms with E-state index in [1.165, 1.54) is 18.4 Å². The first-order chi connectivity index (χ1) is 8.28. The summed E-state index contributed by atoms with van der Waals surface area (Å²) in [6, 6.07) is 4.83. The summed E-state index contributed by atoms with van der Waals surface area (Å²) in [7, 11) is 0. The average molecular weight is 234 g/mol. The second-order valence-corrected chi connectivity index (χ2v) is 4.87. The van der Waals surface area contributed by atoms with Crippen molar-refractivity contribution in [2.45, 2.75) is 58.2 Å². The number of rotatable bonds is 7. The first-order valence-corrected chi connectivity index (χ1v) is 6.63. The van der Waals surface area contributed by atoms with Gasteiger partial charge in [0.05, 0.1) is 6.10 Å². The minimum atomic E-state index is 0.249. The van der Waals surface area contributed by atoms with Crippen LogP contribution in [0, 0.1) is 0 Å². The summed E-state index contributed by atoms with van der Waals surface area (Å²) in [6.45, 7) is 5.19. The molecule has 94 valence electrons. The van der Waals surface area contributed by atoms with Crippen molar-refractivity contribution in [3.05, 3.63) is 23.9 Å². The molecule has 3 heteroatoms. The summed E-state index contributed by atoms with van der Waals surface area (Å²) in [5.41, 5.74) is 1.26. The van der Waals surface area contributed by atoms with Crippen LogP contribution in [0.3, 0.4) is 0 Å². The quantitative estimate of drug-likeness (QED) is 0.787. The zero-order chi connectivity index (χ0) is 12.1. The number of ether oxygens (including phenoxy) is 1. The molecule has 0 saturated heterocycles. The number of hydrogen-bond donors (Lipinski definition) is 1. The molecule has 0 spiro atoms. The Hall–Kier alpha value is -1.09. The second kappa shape index (κ2) is 6.01. The molecule has 1 atom stereocenters. The predicted octanol–water partition coefficient (Wildman–Crippen LogP) is 2.90. The monoisotopic (exact) mass is 234 g/mol. The number of pyridine rings is 1. The lowest BCUT2D eigenvalue weighted by molar-refractivity contribution is 0.201. The molecule has 1 aliphatic rings. The van der Waals surface area contributed by atoms with Crippen LogP contribution in [-0.4, -0.2) is 17.1 Å². The van der Waals surface area contributed by atoms with Crippen molar-refractivity contribution >= 4 is 0 Å². The van der Waals surface area contributed by atoms with Crippen LogP contribution in [-0.2, 0) is 6.54 Å². The van der Waals surface area contributed by atoms with Crippen LogP contribution in [0.4, 0.5) is 0 Å². The molecular formula is C14H22N2O.